The molecule has 10 rings (SSSR count). The van der Waals surface area contributed by atoms with Crippen molar-refractivity contribution in [3.63, 3.8) is 0 Å². The standard InChI is InChI=1S/C50H49N3O/c1-30-25-31(2)27-37(26-30)36-22-24-52-34(5)28-42-38-13-6-7-14-39(38)44-15-8-9-23-53(44)45(42)21-17-35-16-18-40-41-19-20-43(47-32(3)11-10-12-33(47)4)51-50(41)54-49(40)48(35)46(52)29-36/h6-16,18-20,22-24,29-31,37,42,45H,5,17,21,25-28H2,1-4H3/q+2. The Morgan fingerprint density at radius 1 is 0.741 bits per heavy atom. The van der Waals surface area contributed by atoms with Crippen molar-refractivity contribution >= 4 is 27.8 Å². The van der Waals surface area contributed by atoms with Gasteiger partial charge in [0.25, 0.3) is 0 Å². The predicted octanol–water partition coefficient (Wildman–Crippen LogP) is 11.9. The fourth-order valence-corrected chi connectivity index (χ4v) is 10.7. The lowest BCUT2D eigenvalue weighted by Gasteiger charge is -2.32. The fraction of sp³-hybridized carbons (Fsp3) is 0.300. The van der Waals surface area contributed by atoms with Crippen molar-refractivity contribution < 1.29 is 13.6 Å². The van der Waals surface area contributed by atoms with Crippen LogP contribution in [0.25, 0.3) is 61.5 Å². The molecule has 0 spiro atoms. The molecular formula is C50H49N3O+2. The lowest BCUT2D eigenvalue weighted by atomic mass is 9.74. The molecule has 3 aromatic carbocycles. The van der Waals surface area contributed by atoms with Crippen LogP contribution in [0.15, 0.2) is 120 Å². The van der Waals surface area contributed by atoms with E-state index >= 15 is 0 Å². The summed E-state index contributed by atoms with van der Waals surface area (Å²) in [5.74, 6) is 2.30. The van der Waals surface area contributed by atoms with Crippen LogP contribution in [-0.2, 0) is 6.42 Å². The Bertz CT molecular complexity index is 2600. The largest absolute Gasteiger partial charge is 0.437 e. The van der Waals surface area contributed by atoms with Crippen molar-refractivity contribution in [3.05, 3.63) is 144 Å². The van der Waals surface area contributed by atoms with Crippen LogP contribution in [0.1, 0.15) is 91.6 Å². The van der Waals surface area contributed by atoms with Gasteiger partial charge in [0.05, 0.1) is 17.2 Å². The number of hydrogen-bond donors (Lipinski definition) is 0. The van der Waals surface area contributed by atoms with Crippen LogP contribution in [0, 0.1) is 25.7 Å². The van der Waals surface area contributed by atoms with Crippen LogP contribution >= 0.6 is 0 Å². The summed E-state index contributed by atoms with van der Waals surface area (Å²) in [6, 6.07) is 36.4. The molecule has 4 nitrogen and oxygen atoms in total. The van der Waals surface area contributed by atoms with Gasteiger partial charge in [0.15, 0.2) is 29.7 Å². The number of allylic oxidation sites excluding steroid dienone is 1. The molecule has 4 atom stereocenters. The minimum absolute atomic E-state index is 0.292. The first-order valence-corrected chi connectivity index (χ1v) is 20.1. The number of benzene rings is 3. The normalized spacial score (nSPS) is 22.2. The molecule has 1 fully saturated rings. The van der Waals surface area contributed by atoms with E-state index in [-0.39, 0.29) is 0 Å². The quantitative estimate of drug-likeness (QED) is 0.168. The van der Waals surface area contributed by atoms with E-state index in [4.69, 9.17) is 16.0 Å². The van der Waals surface area contributed by atoms with E-state index in [9.17, 15) is 0 Å². The maximum atomic E-state index is 7.02. The molecule has 0 amide bonds. The van der Waals surface area contributed by atoms with E-state index in [0.29, 0.717) is 23.6 Å². The van der Waals surface area contributed by atoms with Crippen molar-refractivity contribution in [1.29, 1.82) is 0 Å². The molecule has 54 heavy (non-hydrogen) atoms. The number of rotatable bonds is 2. The predicted molar refractivity (Wildman–Crippen MR) is 219 cm³/mol. The van der Waals surface area contributed by atoms with Crippen LogP contribution in [0.3, 0.4) is 0 Å². The summed E-state index contributed by atoms with van der Waals surface area (Å²) >= 11 is 0. The average Bonchev–Trinajstić information content (AvgIpc) is 3.54. The summed E-state index contributed by atoms with van der Waals surface area (Å²) < 4.78 is 12.0. The molecule has 4 heteroatoms. The fourth-order valence-electron chi connectivity index (χ4n) is 10.7. The summed E-state index contributed by atoms with van der Waals surface area (Å²) in [5.41, 5.74) is 16.5. The monoisotopic (exact) mass is 707 g/mol. The minimum Gasteiger partial charge on any atom is -0.437 e. The van der Waals surface area contributed by atoms with Crippen LogP contribution in [0.4, 0.5) is 0 Å². The van der Waals surface area contributed by atoms with E-state index in [2.05, 4.69) is 146 Å². The molecule has 0 N–H and O–H groups in total. The second kappa shape index (κ2) is 12.9. The second-order valence-electron chi connectivity index (χ2n) is 16.8. The molecule has 1 saturated carbocycles. The summed E-state index contributed by atoms with van der Waals surface area (Å²) in [6.45, 7) is 14.1. The van der Waals surface area contributed by atoms with Crippen LogP contribution in [0.2, 0.25) is 0 Å². The maximum absolute atomic E-state index is 7.02. The number of hydrogen-bond acceptors (Lipinski definition) is 2. The third-order valence-electron chi connectivity index (χ3n) is 13.1. The van der Waals surface area contributed by atoms with Crippen molar-refractivity contribution in [2.75, 3.05) is 0 Å². The highest BCUT2D eigenvalue weighted by Gasteiger charge is 2.42. The SMILES string of the molecule is C=C1CC2c3ccccc3-c3cccc[n+]3C2CCc2ccc3c(oc4nc(-c5c(C)cccc5C)ccc43)c2-c2cc(C3CC(C)CC(C)C3)cc[n+]21. The molecular weight excluding hydrogens is 659 g/mol. The molecule has 4 unspecified atom stereocenters. The summed E-state index contributed by atoms with van der Waals surface area (Å²) in [4.78, 5) is 5.21. The van der Waals surface area contributed by atoms with E-state index in [1.165, 1.54) is 75.2 Å². The smallest absolute Gasteiger partial charge is 0.227 e. The summed E-state index contributed by atoms with van der Waals surface area (Å²) in [6.07, 6.45) is 11.2. The van der Waals surface area contributed by atoms with E-state index < -0.39 is 0 Å². The topological polar surface area (TPSA) is 33.8 Å². The zero-order chi connectivity index (χ0) is 36.7. The second-order valence-corrected chi connectivity index (χ2v) is 16.8. The molecule has 268 valence electrons. The highest BCUT2D eigenvalue weighted by molar-refractivity contribution is 6.09. The van der Waals surface area contributed by atoms with Crippen LogP contribution in [0.5, 0.6) is 0 Å². The van der Waals surface area contributed by atoms with Gasteiger partial charge in [-0.3, -0.25) is 0 Å². The van der Waals surface area contributed by atoms with Crippen LogP contribution < -0.4 is 9.13 Å². The molecule has 0 saturated heterocycles. The molecule has 3 aliphatic rings. The molecule has 4 aromatic heterocycles. The van der Waals surface area contributed by atoms with Crippen molar-refractivity contribution in [2.45, 2.75) is 84.1 Å². The van der Waals surface area contributed by atoms with E-state index in [0.717, 1.165) is 58.8 Å². The molecule has 7 aromatic rings. The van der Waals surface area contributed by atoms with Gasteiger partial charge in [0, 0.05) is 59.0 Å². The third kappa shape index (κ3) is 5.36. The Morgan fingerprint density at radius 3 is 2.35 bits per heavy atom. The van der Waals surface area contributed by atoms with Crippen molar-refractivity contribution in [2.24, 2.45) is 11.8 Å². The number of nitrogens with zero attached hydrogens (tertiary/aromatic N) is 3. The Kier molecular flexibility index (Phi) is 7.94. The molecule has 6 heterocycles. The summed E-state index contributed by atoms with van der Waals surface area (Å²) in [5, 5.41) is 2.18. The Hall–Kier alpha value is -5.35. The van der Waals surface area contributed by atoms with Crippen molar-refractivity contribution in [3.8, 4) is 33.8 Å². The number of aryl methyl sites for hydroxylation is 3. The van der Waals surface area contributed by atoms with Crippen LogP contribution in [-0.4, -0.2) is 4.98 Å². The van der Waals surface area contributed by atoms with Gasteiger partial charge in [-0.25, -0.2) is 4.98 Å². The summed E-state index contributed by atoms with van der Waals surface area (Å²) in [7, 11) is 0. The van der Waals surface area contributed by atoms with Gasteiger partial charge in [-0.05, 0) is 116 Å². The molecule has 1 aliphatic carbocycles. The zero-order valence-corrected chi connectivity index (χ0v) is 32.0. The lowest BCUT2D eigenvalue weighted by molar-refractivity contribution is -0.719. The van der Waals surface area contributed by atoms with Gasteiger partial charge < -0.3 is 4.42 Å². The van der Waals surface area contributed by atoms with Crippen molar-refractivity contribution in [1.82, 2.24) is 4.98 Å². The lowest BCUT2D eigenvalue weighted by Crippen LogP contribution is -2.48. The number of fused-ring (bicyclic) bond motifs is 13. The van der Waals surface area contributed by atoms with Gasteiger partial charge in [-0.1, -0.05) is 62.4 Å². The molecule has 0 radical (unpaired) electrons. The average molecular weight is 708 g/mol. The zero-order valence-electron chi connectivity index (χ0n) is 32.0. The highest BCUT2D eigenvalue weighted by atomic mass is 16.3. The van der Waals surface area contributed by atoms with E-state index in [1.807, 2.05) is 0 Å². The van der Waals surface area contributed by atoms with Gasteiger partial charge in [-0.2, -0.15) is 9.13 Å². The molecule has 2 aliphatic heterocycles. The number of furan rings is 1. The first-order chi connectivity index (χ1) is 26.3. The molecule has 0 bridgehead atoms. The first kappa shape index (κ1) is 33.2. The van der Waals surface area contributed by atoms with Gasteiger partial charge in [0.1, 0.15) is 0 Å². The number of pyridine rings is 3. The van der Waals surface area contributed by atoms with Gasteiger partial charge in [0.2, 0.25) is 17.1 Å². The maximum Gasteiger partial charge on any atom is 0.227 e. The van der Waals surface area contributed by atoms with Gasteiger partial charge >= 0.3 is 0 Å². The highest BCUT2D eigenvalue weighted by Crippen LogP contribution is 2.47. The van der Waals surface area contributed by atoms with E-state index in [1.54, 1.807) is 0 Å². The Morgan fingerprint density at radius 2 is 1.52 bits per heavy atom. The Labute approximate surface area is 318 Å². The van der Waals surface area contributed by atoms with Gasteiger partial charge in [-0.15, -0.1) is 0 Å². The Balaban J connectivity index is 1.19. The third-order valence-corrected chi connectivity index (χ3v) is 13.1. The number of aromatic nitrogens is 3. The minimum atomic E-state index is 0.292. The first-order valence-electron chi connectivity index (χ1n) is 20.1.